The van der Waals surface area contributed by atoms with E-state index in [1.807, 2.05) is 12.1 Å². The molecule has 1 saturated heterocycles. The molecule has 7 heteroatoms. The van der Waals surface area contributed by atoms with Gasteiger partial charge in [-0.15, -0.1) is 0 Å². The molecule has 0 N–H and O–H groups in total. The van der Waals surface area contributed by atoms with Crippen LogP contribution in [-0.2, 0) is 9.53 Å². The number of aromatic nitrogens is 2. The summed E-state index contributed by atoms with van der Waals surface area (Å²) in [7, 11) is 0. The first-order chi connectivity index (χ1) is 9.19. The van der Waals surface area contributed by atoms with Crippen molar-refractivity contribution in [2.24, 2.45) is 0 Å². The van der Waals surface area contributed by atoms with Crippen LogP contribution in [0.5, 0.6) is 0 Å². The van der Waals surface area contributed by atoms with Crippen molar-refractivity contribution in [1.29, 1.82) is 10.5 Å². The van der Waals surface area contributed by atoms with Crippen LogP contribution in [0.25, 0.3) is 0 Å². The smallest absolute Gasteiger partial charge is 0.245 e. The zero-order valence-corrected chi connectivity index (χ0v) is 10.5. The number of amides is 1. The fourth-order valence-electron chi connectivity index (χ4n) is 2.01. The summed E-state index contributed by atoms with van der Waals surface area (Å²) < 4.78 is 6.63. The van der Waals surface area contributed by atoms with E-state index in [0.29, 0.717) is 26.3 Å². The fraction of sp³-hybridized carbons (Fsp3) is 0.500. The minimum absolute atomic E-state index is 0.0455. The minimum atomic E-state index is -0.553. The van der Waals surface area contributed by atoms with Gasteiger partial charge in [-0.25, -0.2) is 4.98 Å². The number of morpholine rings is 1. The Morgan fingerprint density at radius 1 is 1.42 bits per heavy atom. The van der Waals surface area contributed by atoms with Crippen molar-refractivity contribution in [2.45, 2.75) is 13.0 Å². The van der Waals surface area contributed by atoms with Crippen molar-refractivity contribution in [3.8, 4) is 12.1 Å². The van der Waals surface area contributed by atoms with Crippen LogP contribution in [0.2, 0.25) is 0 Å². The van der Waals surface area contributed by atoms with Gasteiger partial charge in [-0.05, 0) is 6.92 Å². The number of carbonyl (C=O) groups is 1. The normalized spacial score (nSPS) is 16.5. The number of hydrogen-bond acceptors (Lipinski definition) is 5. The van der Waals surface area contributed by atoms with E-state index < -0.39 is 6.04 Å². The third-order valence-electron chi connectivity index (χ3n) is 3.10. The Labute approximate surface area is 110 Å². The van der Waals surface area contributed by atoms with Crippen LogP contribution in [0.3, 0.4) is 0 Å². The average molecular weight is 259 g/mol. The summed E-state index contributed by atoms with van der Waals surface area (Å²) in [6.07, 6.45) is 1.36. The van der Waals surface area contributed by atoms with E-state index in [1.54, 1.807) is 11.8 Å². The van der Waals surface area contributed by atoms with Gasteiger partial charge in [0.1, 0.15) is 18.2 Å². The summed E-state index contributed by atoms with van der Waals surface area (Å²) in [4.78, 5) is 17.8. The maximum absolute atomic E-state index is 12.3. The maximum atomic E-state index is 12.3. The first kappa shape index (κ1) is 13.1. The average Bonchev–Trinajstić information content (AvgIpc) is 2.89. The standard InChI is InChI=1S/C12H13N5O2/c1-9(12(18)16-2-4-19-5-3-16)17-8-15-10(6-13)11(17)7-14/h8-9H,2-5H2,1H3. The van der Waals surface area contributed by atoms with Gasteiger partial charge < -0.3 is 14.2 Å². The second kappa shape index (κ2) is 5.51. The molecule has 0 radical (unpaired) electrons. The molecule has 0 aromatic carbocycles. The summed E-state index contributed by atoms with van der Waals surface area (Å²) in [6, 6.07) is 3.20. The van der Waals surface area contributed by atoms with Crippen LogP contribution in [0, 0.1) is 22.7 Å². The predicted molar refractivity (Wildman–Crippen MR) is 63.8 cm³/mol. The van der Waals surface area contributed by atoms with E-state index >= 15 is 0 Å². The number of nitriles is 2. The molecule has 1 atom stereocenters. The topological polar surface area (TPSA) is 94.9 Å². The van der Waals surface area contributed by atoms with Crippen LogP contribution < -0.4 is 0 Å². The second-order valence-corrected chi connectivity index (χ2v) is 4.19. The summed E-state index contributed by atoms with van der Waals surface area (Å²) in [5.41, 5.74) is 0.167. The molecule has 1 amide bonds. The SMILES string of the molecule is CC(C(=O)N1CCOCC1)n1cnc(C#N)c1C#N. The van der Waals surface area contributed by atoms with E-state index in [9.17, 15) is 4.79 Å². The Kier molecular flexibility index (Phi) is 3.79. The minimum Gasteiger partial charge on any atom is -0.378 e. The number of carbonyl (C=O) groups excluding carboxylic acids is 1. The lowest BCUT2D eigenvalue weighted by molar-refractivity contribution is -0.138. The van der Waals surface area contributed by atoms with E-state index in [-0.39, 0.29) is 17.3 Å². The molecule has 0 aliphatic carbocycles. The van der Waals surface area contributed by atoms with E-state index in [2.05, 4.69) is 4.98 Å². The molecule has 0 bridgehead atoms. The lowest BCUT2D eigenvalue weighted by Crippen LogP contribution is -2.43. The molecule has 2 heterocycles. The fourth-order valence-corrected chi connectivity index (χ4v) is 2.01. The Morgan fingerprint density at radius 3 is 2.68 bits per heavy atom. The molecular formula is C12H13N5O2. The number of hydrogen-bond donors (Lipinski definition) is 0. The van der Waals surface area contributed by atoms with Crippen LogP contribution >= 0.6 is 0 Å². The van der Waals surface area contributed by atoms with Crippen LogP contribution in [-0.4, -0.2) is 46.7 Å². The van der Waals surface area contributed by atoms with Crippen molar-refractivity contribution in [3.05, 3.63) is 17.7 Å². The molecule has 1 fully saturated rings. The molecular weight excluding hydrogens is 246 g/mol. The number of rotatable bonds is 2. The molecule has 7 nitrogen and oxygen atoms in total. The van der Waals surface area contributed by atoms with E-state index in [4.69, 9.17) is 15.3 Å². The first-order valence-corrected chi connectivity index (χ1v) is 5.92. The van der Waals surface area contributed by atoms with E-state index in [1.165, 1.54) is 10.9 Å². The number of imidazole rings is 1. The molecule has 0 saturated carbocycles. The quantitative estimate of drug-likeness (QED) is 0.747. The Morgan fingerprint density at radius 2 is 2.11 bits per heavy atom. The lowest BCUT2D eigenvalue weighted by Gasteiger charge is -2.29. The predicted octanol–water partition coefficient (Wildman–Crippen LogP) is 0.0463. The van der Waals surface area contributed by atoms with Gasteiger partial charge in [0.25, 0.3) is 0 Å². The van der Waals surface area contributed by atoms with Crippen molar-refractivity contribution < 1.29 is 9.53 Å². The Hall–Kier alpha value is -2.38. The van der Waals surface area contributed by atoms with Gasteiger partial charge in [0.2, 0.25) is 5.91 Å². The van der Waals surface area contributed by atoms with Crippen molar-refractivity contribution in [3.63, 3.8) is 0 Å². The third kappa shape index (κ3) is 2.42. The van der Waals surface area contributed by atoms with Crippen molar-refractivity contribution in [2.75, 3.05) is 26.3 Å². The van der Waals surface area contributed by atoms with Gasteiger partial charge in [0.15, 0.2) is 11.4 Å². The first-order valence-electron chi connectivity index (χ1n) is 5.92. The third-order valence-corrected chi connectivity index (χ3v) is 3.10. The summed E-state index contributed by atoms with van der Waals surface area (Å²) in [6.45, 7) is 3.84. The number of ether oxygens (including phenoxy) is 1. The van der Waals surface area contributed by atoms with Gasteiger partial charge >= 0.3 is 0 Å². The highest BCUT2D eigenvalue weighted by atomic mass is 16.5. The van der Waals surface area contributed by atoms with Gasteiger partial charge in [0, 0.05) is 13.1 Å². The highest BCUT2D eigenvalue weighted by molar-refractivity contribution is 5.80. The lowest BCUT2D eigenvalue weighted by atomic mass is 10.2. The van der Waals surface area contributed by atoms with Gasteiger partial charge in [-0.3, -0.25) is 4.79 Å². The largest absolute Gasteiger partial charge is 0.378 e. The maximum Gasteiger partial charge on any atom is 0.245 e. The summed E-state index contributed by atoms with van der Waals surface area (Å²) in [5, 5.41) is 17.9. The molecule has 19 heavy (non-hydrogen) atoms. The van der Waals surface area contributed by atoms with Crippen molar-refractivity contribution in [1.82, 2.24) is 14.5 Å². The zero-order valence-electron chi connectivity index (χ0n) is 10.5. The molecule has 1 aromatic heterocycles. The van der Waals surface area contributed by atoms with E-state index in [0.717, 1.165) is 0 Å². The second-order valence-electron chi connectivity index (χ2n) is 4.19. The van der Waals surface area contributed by atoms with Gasteiger partial charge in [0.05, 0.1) is 19.5 Å². The molecule has 2 rings (SSSR count). The molecule has 1 aliphatic rings. The molecule has 98 valence electrons. The molecule has 1 aromatic rings. The number of nitrogens with zero attached hydrogens (tertiary/aromatic N) is 5. The highest BCUT2D eigenvalue weighted by Crippen LogP contribution is 2.16. The van der Waals surface area contributed by atoms with Gasteiger partial charge in [-0.1, -0.05) is 0 Å². The molecule has 0 spiro atoms. The Balaban J connectivity index is 2.22. The van der Waals surface area contributed by atoms with Crippen LogP contribution in [0.4, 0.5) is 0 Å². The highest BCUT2D eigenvalue weighted by Gasteiger charge is 2.26. The van der Waals surface area contributed by atoms with Crippen molar-refractivity contribution >= 4 is 5.91 Å². The summed E-state index contributed by atoms with van der Waals surface area (Å²) >= 11 is 0. The van der Waals surface area contributed by atoms with Crippen LogP contribution in [0.15, 0.2) is 6.33 Å². The van der Waals surface area contributed by atoms with Crippen LogP contribution in [0.1, 0.15) is 24.4 Å². The van der Waals surface area contributed by atoms with Gasteiger partial charge in [-0.2, -0.15) is 10.5 Å². The monoisotopic (exact) mass is 259 g/mol. The zero-order chi connectivity index (χ0) is 13.8. The molecule has 1 aliphatic heterocycles. The Bertz CT molecular complexity index is 560. The molecule has 1 unspecified atom stereocenters. The summed E-state index contributed by atoms with van der Waals surface area (Å²) in [5.74, 6) is -0.0957.